The quantitative estimate of drug-likeness (QED) is 0.564. The molecule has 0 amide bonds. The Morgan fingerprint density at radius 1 is 1.46 bits per heavy atom. The second-order valence-electron chi connectivity index (χ2n) is 2.61. The summed E-state index contributed by atoms with van der Waals surface area (Å²) in [6.07, 6.45) is 0. The van der Waals surface area contributed by atoms with Gasteiger partial charge in [-0.25, -0.2) is 0 Å². The van der Waals surface area contributed by atoms with Gasteiger partial charge in [0.05, 0.1) is 5.92 Å². The van der Waals surface area contributed by atoms with Gasteiger partial charge in [-0.2, -0.15) is 0 Å². The van der Waals surface area contributed by atoms with Gasteiger partial charge in [-0.05, 0) is 5.56 Å². The van der Waals surface area contributed by atoms with Crippen molar-refractivity contribution in [2.24, 2.45) is 5.73 Å². The highest BCUT2D eigenvalue weighted by atomic mass is 32.1. The van der Waals surface area contributed by atoms with Crippen molar-refractivity contribution in [3.8, 4) is 0 Å². The summed E-state index contributed by atoms with van der Waals surface area (Å²) < 4.78 is 4.33. The minimum absolute atomic E-state index is 0.226. The molecule has 70 valence electrons. The molecule has 0 saturated carbocycles. The molecule has 3 nitrogen and oxygen atoms in total. The van der Waals surface area contributed by atoms with Gasteiger partial charge < -0.3 is 9.92 Å². The third kappa shape index (κ3) is 2.47. The number of hydrogen-bond donors (Lipinski definition) is 2. The fourth-order valence-corrected chi connectivity index (χ4v) is 1.24. The maximum atomic E-state index is 11.2. The number of thiol groups is 1. The predicted octanol–water partition coefficient (Wildman–Crippen LogP) is 1.12. The molecule has 0 radical (unpaired) electrons. The normalized spacial score (nSPS) is 12.2. The molecule has 0 aliphatic rings. The monoisotopic (exact) mass is 197 g/mol. The number of carbonyl (C=O) groups excluding carboxylic acids is 1. The van der Waals surface area contributed by atoms with E-state index in [1.54, 1.807) is 0 Å². The maximum Gasteiger partial charge on any atom is 0.326 e. The van der Waals surface area contributed by atoms with Gasteiger partial charge in [-0.1, -0.05) is 30.3 Å². The number of rotatable bonds is 3. The van der Waals surface area contributed by atoms with Gasteiger partial charge in [0.15, 0.2) is 0 Å². The SMILES string of the molecule is NCC(C(=O)OS)c1ccccc1. The van der Waals surface area contributed by atoms with Crippen LogP contribution < -0.4 is 5.73 Å². The molecule has 0 aliphatic heterocycles. The zero-order valence-corrected chi connectivity index (χ0v) is 7.91. The van der Waals surface area contributed by atoms with Crippen molar-refractivity contribution in [1.29, 1.82) is 0 Å². The summed E-state index contributed by atoms with van der Waals surface area (Å²) in [4.78, 5) is 11.2. The Bertz CT molecular complexity index is 276. The van der Waals surface area contributed by atoms with Crippen LogP contribution in [0.15, 0.2) is 30.3 Å². The van der Waals surface area contributed by atoms with Gasteiger partial charge in [-0.3, -0.25) is 4.79 Å². The molecular formula is C9H11NO2S. The van der Waals surface area contributed by atoms with Crippen LogP contribution >= 0.6 is 12.9 Å². The van der Waals surface area contributed by atoms with E-state index in [2.05, 4.69) is 17.1 Å². The molecule has 2 N–H and O–H groups in total. The van der Waals surface area contributed by atoms with Crippen LogP contribution in [0.3, 0.4) is 0 Å². The lowest BCUT2D eigenvalue weighted by atomic mass is 10.00. The lowest BCUT2D eigenvalue weighted by molar-refractivity contribution is -0.134. The first-order valence-corrected chi connectivity index (χ1v) is 4.26. The number of hydrogen-bond acceptors (Lipinski definition) is 4. The summed E-state index contributed by atoms with van der Waals surface area (Å²) in [5.74, 6) is -0.837. The van der Waals surface area contributed by atoms with Gasteiger partial charge in [0.25, 0.3) is 0 Å². The molecule has 1 aromatic rings. The molecule has 0 saturated heterocycles. The second-order valence-corrected chi connectivity index (χ2v) is 2.79. The molecular weight excluding hydrogens is 186 g/mol. The first-order chi connectivity index (χ1) is 6.29. The molecule has 0 heterocycles. The highest BCUT2D eigenvalue weighted by Gasteiger charge is 2.19. The van der Waals surface area contributed by atoms with Gasteiger partial charge in [0.2, 0.25) is 0 Å². The minimum Gasteiger partial charge on any atom is -0.394 e. The molecule has 0 aromatic heterocycles. The van der Waals surface area contributed by atoms with Crippen molar-refractivity contribution in [2.75, 3.05) is 6.54 Å². The standard InChI is InChI=1S/C9H11NO2S/c10-6-8(9(11)12-13)7-4-2-1-3-5-7/h1-5,8,13H,6,10H2. The van der Waals surface area contributed by atoms with Crippen molar-refractivity contribution < 1.29 is 8.98 Å². The van der Waals surface area contributed by atoms with E-state index in [0.29, 0.717) is 0 Å². The largest absolute Gasteiger partial charge is 0.394 e. The zero-order valence-electron chi connectivity index (χ0n) is 7.01. The number of carbonyl (C=O) groups is 1. The Labute approximate surface area is 82.5 Å². The van der Waals surface area contributed by atoms with Crippen LogP contribution in [-0.2, 0) is 8.98 Å². The van der Waals surface area contributed by atoms with Gasteiger partial charge >= 0.3 is 5.97 Å². The van der Waals surface area contributed by atoms with Crippen molar-refractivity contribution in [1.82, 2.24) is 0 Å². The summed E-state index contributed by atoms with van der Waals surface area (Å²) in [5.41, 5.74) is 6.30. The van der Waals surface area contributed by atoms with Crippen LogP contribution in [0.1, 0.15) is 11.5 Å². The van der Waals surface area contributed by atoms with Crippen LogP contribution in [0.2, 0.25) is 0 Å². The van der Waals surface area contributed by atoms with Crippen LogP contribution in [-0.4, -0.2) is 12.5 Å². The third-order valence-electron chi connectivity index (χ3n) is 1.81. The fourth-order valence-electron chi connectivity index (χ4n) is 1.12. The molecule has 0 bridgehead atoms. The van der Waals surface area contributed by atoms with Crippen LogP contribution in [0, 0.1) is 0 Å². The smallest absolute Gasteiger partial charge is 0.326 e. The zero-order chi connectivity index (χ0) is 9.68. The van der Waals surface area contributed by atoms with Gasteiger partial charge in [0, 0.05) is 19.5 Å². The summed E-state index contributed by atoms with van der Waals surface area (Å²) in [5, 5.41) is 0. The number of nitrogens with two attached hydrogens (primary N) is 1. The Morgan fingerprint density at radius 3 is 2.54 bits per heavy atom. The minimum atomic E-state index is -0.419. The van der Waals surface area contributed by atoms with E-state index in [0.717, 1.165) is 5.56 Å². The first-order valence-electron chi connectivity index (χ1n) is 3.90. The molecule has 1 atom stereocenters. The van der Waals surface area contributed by atoms with Crippen LogP contribution in [0.4, 0.5) is 0 Å². The van der Waals surface area contributed by atoms with Crippen LogP contribution in [0.25, 0.3) is 0 Å². The van der Waals surface area contributed by atoms with Gasteiger partial charge in [-0.15, -0.1) is 0 Å². The predicted molar refractivity (Wildman–Crippen MR) is 53.3 cm³/mol. The lowest BCUT2D eigenvalue weighted by Crippen LogP contribution is -2.21. The number of benzene rings is 1. The molecule has 0 spiro atoms. The topological polar surface area (TPSA) is 52.3 Å². The molecule has 0 fully saturated rings. The fraction of sp³-hybridized carbons (Fsp3) is 0.222. The second kappa shape index (κ2) is 4.89. The molecule has 13 heavy (non-hydrogen) atoms. The highest BCUT2D eigenvalue weighted by Crippen LogP contribution is 2.15. The molecule has 4 heteroatoms. The van der Waals surface area contributed by atoms with E-state index in [-0.39, 0.29) is 6.54 Å². The molecule has 1 rings (SSSR count). The summed E-state index contributed by atoms with van der Waals surface area (Å²) in [6.45, 7) is 0.226. The first kappa shape index (κ1) is 10.1. The maximum absolute atomic E-state index is 11.2. The molecule has 1 unspecified atom stereocenters. The van der Waals surface area contributed by atoms with Crippen molar-refractivity contribution in [3.05, 3.63) is 35.9 Å². The molecule has 0 aliphatic carbocycles. The summed E-state index contributed by atoms with van der Waals surface area (Å²) in [6, 6.07) is 9.25. The van der Waals surface area contributed by atoms with Crippen molar-refractivity contribution in [3.63, 3.8) is 0 Å². The van der Waals surface area contributed by atoms with Gasteiger partial charge in [0.1, 0.15) is 0 Å². The van der Waals surface area contributed by atoms with E-state index < -0.39 is 11.9 Å². The Hall–Kier alpha value is -1.00. The average Bonchev–Trinajstić information content (AvgIpc) is 2.20. The van der Waals surface area contributed by atoms with Crippen LogP contribution in [0.5, 0.6) is 0 Å². The average molecular weight is 197 g/mol. The van der Waals surface area contributed by atoms with E-state index in [9.17, 15) is 4.79 Å². The summed E-state index contributed by atoms with van der Waals surface area (Å²) in [7, 11) is 0. The van der Waals surface area contributed by atoms with E-state index in [1.807, 2.05) is 30.3 Å². The van der Waals surface area contributed by atoms with Crippen molar-refractivity contribution >= 4 is 18.9 Å². The van der Waals surface area contributed by atoms with Crippen molar-refractivity contribution in [2.45, 2.75) is 5.92 Å². The van der Waals surface area contributed by atoms with E-state index in [1.165, 1.54) is 0 Å². The highest BCUT2D eigenvalue weighted by molar-refractivity contribution is 7.75. The van der Waals surface area contributed by atoms with E-state index in [4.69, 9.17) is 5.73 Å². The Kier molecular flexibility index (Phi) is 3.79. The summed E-state index contributed by atoms with van der Waals surface area (Å²) >= 11 is 3.45. The molecule has 1 aromatic carbocycles. The Morgan fingerprint density at radius 2 is 2.08 bits per heavy atom. The lowest BCUT2D eigenvalue weighted by Gasteiger charge is -2.10. The Balaban J connectivity index is 2.85. The third-order valence-corrected chi connectivity index (χ3v) is 1.99. The van der Waals surface area contributed by atoms with E-state index >= 15 is 0 Å².